The predicted octanol–water partition coefficient (Wildman–Crippen LogP) is 19.4. The van der Waals surface area contributed by atoms with Gasteiger partial charge < -0.3 is 46.8 Å². The molecule has 0 aliphatic heterocycles. The first-order valence-electron chi connectivity index (χ1n) is 39.6. The Morgan fingerprint density at radius 2 is 0.492 bits per heavy atom. The van der Waals surface area contributed by atoms with Gasteiger partial charge in [0.2, 0.25) is 23.6 Å². The number of phenols is 1. The molecule has 0 aliphatic rings. The molecular weight excluding hydrogens is 1720 g/mol. The summed E-state index contributed by atoms with van der Waals surface area (Å²) in [5, 5.41) is 64.8. The topological polar surface area (TPSA) is 321 Å². The fraction of sp³-hybridized carbons (Fsp3) is 0.0800. The molecule has 0 saturated heterocycles. The Morgan fingerprint density at radius 3 is 0.727 bits per heavy atom. The van der Waals surface area contributed by atoms with Crippen molar-refractivity contribution in [3.8, 4) is 50.8 Å². The summed E-state index contributed by atoms with van der Waals surface area (Å²) < 4.78 is 67.3. The number of phenolic OH excluding ortho intramolecular Hbond substituents is 1. The minimum Gasteiger partial charge on any atom is -0.508 e. The van der Waals surface area contributed by atoms with Crippen LogP contribution >= 0.6 is 27.5 Å². The highest BCUT2D eigenvalue weighted by molar-refractivity contribution is 9.10. The van der Waals surface area contributed by atoms with Gasteiger partial charge in [0.15, 0.2) is 23.3 Å². The van der Waals surface area contributed by atoms with E-state index < -0.39 is 24.4 Å². The van der Waals surface area contributed by atoms with E-state index in [2.05, 4.69) is 77.1 Å². The van der Waals surface area contributed by atoms with E-state index in [0.29, 0.717) is 83.4 Å². The average Bonchev–Trinajstić information content (AvgIpc) is 0.815. The van der Waals surface area contributed by atoms with Crippen LogP contribution in [0.15, 0.2) is 345 Å². The van der Waals surface area contributed by atoms with Gasteiger partial charge in [-0.15, -0.1) is 0 Å². The maximum Gasteiger partial charge on any atom is 0.229 e. The molecular formula is C100H77BrClF5N12O9. The molecule has 4 aromatic heterocycles. The Kier molecular flexibility index (Phi) is 31.1. The van der Waals surface area contributed by atoms with E-state index in [1.54, 1.807) is 170 Å². The number of carbonyl (C=O) groups excluding carboxylic acids is 4. The Balaban J connectivity index is 0.000000146. The monoisotopic (exact) mass is 1800 g/mol. The molecule has 4 amide bonds. The van der Waals surface area contributed by atoms with Crippen molar-refractivity contribution in [2.24, 2.45) is 0 Å². The SMILES string of the molecule is O=C(Cc1ccc(Br)cc1)Nc1ncc(-c2ccc(F)cc2)nc1C(O)c1ccccc1.O=C(Cc1ccc(Cl)cc1)Nc1ncc(-c2ccc(F)cc2)nc1C(O)c1ccccc1.O=C(Cc1ccc(F)cc1)Nc1ncc(-c2ccc(F)cc2)nc1C(O)c1ccccc1.O=C(Cc1ccc(O)cc1)Nc1ncc(-c2ccc(F)cc2)nc1C(O)c1ccccc1. The van der Waals surface area contributed by atoms with Crippen molar-refractivity contribution in [1.82, 2.24) is 39.9 Å². The minimum atomic E-state index is -1.15. The third-order valence-electron chi connectivity index (χ3n) is 19.4. The van der Waals surface area contributed by atoms with Crippen LogP contribution in [0.5, 0.6) is 5.75 Å². The van der Waals surface area contributed by atoms with E-state index in [9.17, 15) is 66.7 Å². The zero-order valence-corrected chi connectivity index (χ0v) is 69.9. The lowest BCUT2D eigenvalue weighted by Gasteiger charge is -2.16. The highest BCUT2D eigenvalue weighted by Crippen LogP contribution is 2.35. The number of nitrogens with one attached hydrogen (secondary N) is 4. The smallest absolute Gasteiger partial charge is 0.229 e. The van der Waals surface area contributed by atoms with E-state index >= 15 is 0 Å². The quantitative estimate of drug-likeness (QED) is 0.0254. The Morgan fingerprint density at radius 1 is 0.289 bits per heavy atom. The predicted molar refractivity (Wildman–Crippen MR) is 481 cm³/mol. The third kappa shape index (κ3) is 25.6. The largest absolute Gasteiger partial charge is 0.508 e. The van der Waals surface area contributed by atoms with E-state index in [1.165, 1.54) is 110 Å². The number of aliphatic hydroxyl groups excluding tert-OH is 4. The molecule has 9 N–H and O–H groups in total. The third-order valence-corrected chi connectivity index (χ3v) is 20.2. The number of hydrogen-bond donors (Lipinski definition) is 9. The summed E-state index contributed by atoms with van der Waals surface area (Å²) in [4.78, 5) is 86.0. The molecule has 0 fully saturated rings. The van der Waals surface area contributed by atoms with Crippen LogP contribution in [0.4, 0.5) is 45.2 Å². The summed E-state index contributed by atoms with van der Waals surface area (Å²) in [6.45, 7) is 0. The van der Waals surface area contributed by atoms with Gasteiger partial charge in [-0.3, -0.25) is 19.2 Å². The van der Waals surface area contributed by atoms with Crippen molar-refractivity contribution in [3.63, 3.8) is 0 Å². The number of benzene rings is 12. The van der Waals surface area contributed by atoms with Gasteiger partial charge in [0.25, 0.3) is 0 Å². The van der Waals surface area contributed by atoms with E-state index in [4.69, 9.17) is 11.6 Å². The Bertz CT molecular complexity index is 5650. The summed E-state index contributed by atoms with van der Waals surface area (Å²) in [5.41, 5.74) is 10.4. The lowest BCUT2D eigenvalue weighted by molar-refractivity contribution is -0.116. The molecule has 640 valence electrons. The van der Waals surface area contributed by atoms with Gasteiger partial charge in [-0.2, -0.15) is 0 Å². The summed E-state index contributed by atoms with van der Waals surface area (Å²) in [7, 11) is 0. The van der Waals surface area contributed by atoms with Gasteiger partial charge in [0.1, 0.15) is 82.0 Å². The maximum absolute atomic E-state index is 13.3. The molecule has 16 aromatic rings. The number of amides is 4. The molecule has 21 nitrogen and oxygen atoms in total. The number of aromatic nitrogens is 8. The van der Waals surface area contributed by atoms with Crippen LogP contribution in [0, 0.1) is 29.1 Å². The number of nitrogens with zero attached hydrogens (tertiary/aromatic N) is 8. The number of hydrogen-bond acceptors (Lipinski definition) is 17. The van der Waals surface area contributed by atoms with Gasteiger partial charge in [-0.1, -0.05) is 197 Å². The van der Waals surface area contributed by atoms with Gasteiger partial charge in [0.05, 0.1) is 73.2 Å². The summed E-state index contributed by atoms with van der Waals surface area (Å²) in [6, 6.07) is 85.2. The molecule has 16 rings (SSSR count). The molecule has 4 heterocycles. The van der Waals surface area contributed by atoms with Crippen LogP contribution in [0.1, 0.15) is 91.7 Å². The first-order valence-corrected chi connectivity index (χ1v) is 40.8. The lowest BCUT2D eigenvalue weighted by atomic mass is 10.1. The molecule has 0 aliphatic carbocycles. The number of aliphatic hydroxyl groups is 4. The summed E-state index contributed by atoms with van der Waals surface area (Å²) >= 11 is 9.27. The van der Waals surface area contributed by atoms with E-state index in [-0.39, 0.29) is 130 Å². The number of anilines is 4. The van der Waals surface area contributed by atoms with Crippen LogP contribution in [-0.2, 0) is 44.9 Å². The van der Waals surface area contributed by atoms with Crippen LogP contribution in [0.3, 0.4) is 0 Å². The number of carbonyl (C=O) groups is 4. The normalized spacial score (nSPS) is 11.7. The molecule has 0 saturated carbocycles. The molecule has 12 aromatic carbocycles. The Hall–Kier alpha value is -15.1. The second-order valence-electron chi connectivity index (χ2n) is 28.7. The van der Waals surface area contributed by atoms with Gasteiger partial charge in [-0.25, -0.2) is 61.8 Å². The van der Waals surface area contributed by atoms with Crippen molar-refractivity contribution in [1.29, 1.82) is 0 Å². The fourth-order valence-corrected chi connectivity index (χ4v) is 13.2. The fourth-order valence-electron chi connectivity index (χ4n) is 12.8. The number of rotatable bonds is 24. The maximum atomic E-state index is 13.3. The van der Waals surface area contributed by atoms with Crippen molar-refractivity contribution in [3.05, 3.63) is 446 Å². The van der Waals surface area contributed by atoms with E-state index in [0.717, 1.165) is 15.6 Å². The summed E-state index contributed by atoms with van der Waals surface area (Å²) in [6.07, 6.45) is 1.70. The van der Waals surface area contributed by atoms with Crippen LogP contribution < -0.4 is 21.3 Å². The van der Waals surface area contributed by atoms with Crippen LogP contribution in [0.25, 0.3) is 45.0 Å². The number of aromatic hydroxyl groups is 1. The van der Waals surface area contributed by atoms with E-state index in [1.807, 2.05) is 60.7 Å². The Labute approximate surface area is 744 Å². The van der Waals surface area contributed by atoms with Crippen molar-refractivity contribution < 1.29 is 66.7 Å². The molecule has 0 bridgehead atoms. The molecule has 0 spiro atoms. The molecule has 28 heteroatoms. The van der Waals surface area contributed by atoms with Crippen molar-refractivity contribution >= 4 is 74.4 Å². The molecule has 128 heavy (non-hydrogen) atoms. The highest BCUT2D eigenvalue weighted by atomic mass is 79.9. The average molecular weight is 1800 g/mol. The van der Waals surface area contributed by atoms with Crippen molar-refractivity contribution in [2.75, 3.05) is 21.3 Å². The second-order valence-corrected chi connectivity index (χ2v) is 30.0. The molecule has 0 radical (unpaired) electrons. The van der Waals surface area contributed by atoms with Crippen molar-refractivity contribution in [2.45, 2.75) is 50.1 Å². The van der Waals surface area contributed by atoms with Gasteiger partial charge in [-0.05, 0) is 190 Å². The first-order chi connectivity index (χ1) is 62.0. The zero-order valence-electron chi connectivity index (χ0n) is 67.6. The highest BCUT2D eigenvalue weighted by Gasteiger charge is 2.27. The molecule has 4 unspecified atom stereocenters. The minimum absolute atomic E-state index is 0.00253. The zero-order chi connectivity index (χ0) is 90.0. The lowest BCUT2D eigenvalue weighted by Crippen LogP contribution is -2.19. The number of halogens is 7. The van der Waals surface area contributed by atoms with Crippen LogP contribution in [-0.4, -0.2) is 89.0 Å². The first kappa shape index (κ1) is 90.6. The van der Waals surface area contributed by atoms with Crippen LogP contribution in [0.2, 0.25) is 5.02 Å². The standard InChI is InChI=1S/C25H19BrFN3O2.C25H19ClFN3O2.C25H19F2N3O2.C25H20FN3O3/c3*26-19-10-6-16(7-11-19)14-22(31)30-25-23(24(32)18-4-2-1-3-5-18)29-21(15-28-25)17-8-12-20(27)13-9-17;26-19-10-8-17(9-11-19)21-15-27-25(23(28-21)24(32)18-4-2-1-3-5-18)29-22(31)14-16-6-12-20(30)13-7-16/h3*1-13,15,24,32H,14H2,(H,28,30,31);1-13,15,24,30,32H,14H2,(H,27,29,31). The van der Waals surface area contributed by atoms with Gasteiger partial charge in [0, 0.05) is 31.7 Å². The summed E-state index contributed by atoms with van der Waals surface area (Å²) in [5.74, 6) is -2.48. The second kappa shape index (κ2) is 44.0. The van der Waals surface area contributed by atoms with Gasteiger partial charge >= 0.3 is 0 Å². The molecule has 4 atom stereocenters.